The summed E-state index contributed by atoms with van der Waals surface area (Å²) in [5, 5.41) is 18.2. The van der Waals surface area contributed by atoms with Gasteiger partial charge in [-0.05, 0) is 42.0 Å². The van der Waals surface area contributed by atoms with Crippen molar-refractivity contribution in [3.8, 4) is 6.07 Å². The number of nitrogens with zero attached hydrogens (tertiary/aromatic N) is 4. The lowest BCUT2D eigenvalue weighted by atomic mass is 9.83. The molecule has 1 N–H and O–H groups in total. The van der Waals surface area contributed by atoms with Crippen molar-refractivity contribution in [3.05, 3.63) is 65.2 Å². The standard InChI is InChI=1S/C22H17F3N4O4/c23-22(24,25)16-5-1-15(2-6-16)10-29-18(30)11-28(17-7-3-14(9-26)4-8-17)19(31)21(29)12-27(13-21)20(32)33/h1-8H,10-13H2,(H,32,33). The lowest BCUT2D eigenvalue weighted by molar-refractivity contribution is -0.162. The second-order valence-corrected chi connectivity index (χ2v) is 7.89. The minimum Gasteiger partial charge on any atom is -0.465 e. The third-order valence-corrected chi connectivity index (χ3v) is 5.86. The molecule has 8 nitrogen and oxygen atoms in total. The van der Waals surface area contributed by atoms with Crippen LogP contribution in [-0.4, -0.2) is 58.0 Å². The van der Waals surface area contributed by atoms with Gasteiger partial charge in [-0.3, -0.25) is 9.59 Å². The zero-order chi connectivity index (χ0) is 24.0. The average Bonchev–Trinajstić information content (AvgIpc) is 2.74. The fraction of sp³-hybridized carbons (Fsp3) is 0.273. The maximum atomic E-state index is 13.5. The monoisotopic (exact) mass is 458 g/mol. The Hall–Kier alpha value is -4.07. The summed E-state index contributed by atoms with van der Waals surface area (Å²) in [4.78, 5) is 41.4. The highest BCUT2D eigenvalue weighted by atomic mass is 19.4. The zero-order valence-electron chi connectivity index (χ0n) is 17.0. The lowest BCUT2D eigenvalue weighted by Gasteiger charge is -2.57. The predicted molar refractivity (Wildman–Crippen MR) is 108 cm³/mol. The molecule has 0 atom stereocenters. The summed E-state index contributed by atoms with van der Waals surface area (Å²) in [5.74, 6) is -0.958. The van der Waals surface area contributed by atoms with Gasteiger partial charge in [-0.2, -0.15) is 18.4 Å². The molecule has 2 aromatic carbocycles. The van der Waals surface area contributed by atoms with Crippen molar-refractivity contribution < 1.29 is 32.7 Å². The minimum atomic E-state index is -4.51. The van der Waals surface area contributed by atoms with E-state index in [0.29, 0.717) is 16.8 Å². The fourth-order valence-corrected chi connectivity index (χ4v) is 4.07. The Morgan fingerprint density at radius 2 is 1.67 bits per heavy atom. The molecule has 11 heteroatoms. The lowest BCUT2D eigenvalue weighted by Crippen LogP contribution is -2.81. The van der Waals surface area contributed by atoms with Crippen LogP contribution < -0.4 is 4.90 Å². The molecule has 0 unspecified atom stereocenters. The number of halogens is 3. The topological polar surface area (TPSA) is 105 Å². The van der Waals surface area contributed by atoms with Crippen LogP contribution in [0.25, 0.3) is 0 Å². The van der Waals surface area contributed by atoms with Gasteiger partial charge in [0.25, 0.3) is 5.91 Å². The third kappa shape index (κ3) is 3.84. The molecule has 2 heterocycles. The second kappa shape index (κ2) is 7.81. The molecule has 4 rings (SSSR count). The van der Waals surface area contributed by atoms with E-state index in [1.54, 1.807) is 0 Å². The quantitative estimate of drug-likeness (QED) is 0.762. The van der Waals surface area contributed by atoms with Crippen molar-refractivity contribution in [1.82, 2.24) is 9.80 Å². The summed E-state index contributed by atoms with van der Waals surface area (Å²) < 4.78 is 38.6. The molecule has 33 heavy (non-hydrogen) atoms. The molecule has 2 fully saturated rings. The molecule has 0 saturated carbocycles. The highest BCUT2D eigenvalue weighted by molar-refractivity contribution is 6.10. The van der Waals surface area contributed by atoms with Gasteiger partial charge in [-0.1, -0.05) is 12.1 Å². The first-order valence-electron chi connectivity index (χ1n) is 9.82. The summed E-state index contributed by atoms with van der Waals surface area (Å²) in [6.07, 6.45) is -5.75. The number of benzene rings is 2. The van der Waals surface area contributed by atoms with Gasteiger partial charge in [-0.15, -0.1) is 0 Å². The van der Waals surface area contributed by atoms with Crippen LogP contribution in [0.2, 0.25) is 0 Å². The maximum absolute atomic E-state index is 13.5. The molecule has 2 saturated heterocycles. The van der Waals surface area contributed by atoms with E-state index in [0.717, 1.165) is 17.0 Å². The van der Waals surface area contributed by atoms with E-state index in [4.69, 9.17) is 5.26 Å². The molecule has 170 valence electrons. The Balaban J connectivity index is 1.64. The summed E-state index contributed by atoms with van der Waals surface area (Å²) in [7, 11) is 0. The first-order valence-corrected chi connectivity index (χ1v) is 9.82. The number of piperazine rings is 1. The molecule has 0 bridgehead atoms. The van der Waals surface area contributed by atoms with Gasteiger partial charge in [-0.25, -0.2) is 4.79 Å². The number of likely N-dealkylation sites (tertiary alicyclic amines) is 1. The summed E-state index contributed by atoms with van der Waals surface area (Å²) in [5.41, 5.74) is -1.17. The zero-order valence-corrected chi connectivity index (χ0v) is 17.0. The van der Waals surface area contributed by atoms with Crippen LogP contribution in [0.15, 0.2) is 48.5 Å². The fourth-order valence-electron chi connectivity index (χ4n) is 4.07. The summed E-state index contributed by atoms with van der Waals surface area (Å²) in [6, 6.07) is 12.3. The van der Waals surface area contributed by atoms with Crippen molar-refractivity contribution in [3.63, 3.8) is 0 Å². The minimum absolute atomic E-state index is 0.141. The van der Waals surface area contributed by atoms with E-state index in [1.807, 2.05) is 6.07 Å². The molecule has 2 aromatic rings. The molecular formula is C22H17F3N4O4. The van der Waals surface area contributed by atoms with Crippen LogP contribution >= 0.6 is 0 Å². The number of hydrogen-bond donors (Lipinski definition) is 1. The molecule has 2 aliphatic heterocycles. The van der Waals surface area contributed by atoms with E-state index in [1.165, 1.54) is 46.2 Å². The number of amides is 3. The number of anilines is 1. The Labute approximate surface area is 186 Å². The maximum Gasteiger partial charge on any atom is 0.416 e. The van der Waals surface area contributed by atoms with Crippen LogP contribution in [0, 0.1) is 11.3 Å². The number of nitriles is 1. The molecule has 0 radical (unpaired) electrons. The van der Waals surface area contributed by atoms with Crippen molar-refractivity contribution in [2.24, 2.45) is 0 Å². The van der Waals surface area contributed by atoms with E-state index in [2.05, 4.69) is 0 Å². The van der Waals surface area contributed by atoms with Crippen LogP contribution in [-0.2, 0) is 22.3 Å². The smallest absolute Gasteiger partial charge is 0.416 e. The number of carbonyl (C=O) groups excluding carboxylic acids is 2. The number of carbonyl (C=O) groups is 3. The van der Waals surface area contributed by atoms with Crippen LogP contribution in [0.4, 0.5) is 23.7 Å². The van der Waals surface area contributed by atoms with Crippen LogP contribution in [0.5, 0.6) is 0 Å². The van der Waals surface area contributed by atoms with Gasteiger partial charge in [0.15, 0.2) is 5.54 Å². The van der Waals surface area contributed by atoms with E-state index in [-0.39, 0.29) is 26.2 Å². The van der Waals surface area contributed by atoms with Crippen LogP contribution in [0.3, 0.4) is 0 Å². The molecule has 1 spiro atoms. The number of rotatable bonds is 3. The Bertz CT molecular complexity index is 1150. The van der Waals surface area contributed by atoms with Gasteiger partial charge in [0.1, 0.15) is 6.54 Å². The summed E-state index contributed by atoms with van der Waals surface area (Å²) in [6.45, 7) is -0.960. The van der Waals surface area contributed by atoms with Crippen molar-refractivity contribution in [2.45, 2.75) is 18.3 Å². The van der Waals surface area contributed by atoms with Gasteiger partial charge in [0.05, 0.1) is 30.3 Å². The van der Waals surface area contributed by atoms with Gasteiger partial charge >= 0.3 is 12.3 Å². The predicted octanol–water partition coefficient (Wildman–Crippen LogP) is 2.68. The van der Waals surface area contributed by atoms with Crippen LogP contribution in [0.1, 0.15) is 16.7 Å². The molecule has 0 aromatic heterocycles. The van der Waals surface area contributed by atoms with E-state index < -0.39 is 35.2 Å². The van der Waals surface area contributed by atoms with Crippen molar-refractivity contribution in [1.29, 1.82) is 5.26 Å². The molecule has 3 amide bonds. The third-order valence-electron chi connectivity index (χ3n) is 5.86. The molecule has 2 aliphatic rings. The summed E-state index contributed by atoms with van der Waals surface area (Å²) >= 11 is 0. The number of carboxylic acid groups (broad SMARTS) is 1. The van der Waals surface area contributed by atoms with Crippen molar-refractivity contribution in [2.75, 3.05) is 24.5 Å². The largest absolute Gasteiger partial charge is 0.465 e. The molecule has 0 aliphatic carbocycles. The first-order chi connectivity index (χ1) is 15.5. The van der Waals surface area contributed by atoms with Crippen molar-refractivity contribution >= 4 is 23.6 Å². The highest BCUT2D eigenvalue weighted by Gasteiger charge is 2.61. The van der Waals surface area contributed by atoms with Gasteiger partial charge in [0.2, 0.25) is 5.91 Å². The highest BCUT2D eigenvalue weighted by Crippen LogP contribution is 2.37. The van der Waals surface area contributed by atoms with Gasteiger partial charge < -0.3 is 19.8 Å². The van der Waals surface area contributed by atoms with E-state index >= 15 is 0 Å². The second-order valence-electron chi connectivity index (χ2n) is 7.89. The first kappa shape index (κ1) is 22.1. The normalized spacial score (nSPS) is 17.7. The SMILES string of the molecule is N#Cc1ccc(N2CC(=O)N(Cc3ccc(C(F)(F)F)cc3)C3(CN(C(=O)O)C3)C2=O)cc1. The number of alkyl halides is 3. The molecular weight excluding hydrogens is 441 g/mol. The Morgan fingerprint density at radius 3 is 2.18 bits per heavy atom. The Morgan fingerprint density at radius 1 is 1.06 bits per heavy atom. The Kier molecular flexibility index (Phi) is 5.24. The average molecular weight is 458 g/mol. The van der Waals surface area contributed by atoms with Gasteiger partial charge in [0, 0.05) is 12.2 Å². The number of hydrogen-bond acceptors (Lipinski definition) is 4. The van der Waals surface area contributed by atoms with E-state index in [9.17, 15) is 32.7 Å².